The van der Waals surface area contributed by atoms with Crippen LogP contribution in [0.1, 0.15) is 21.9 Å². The van der Waals surface area contributed by atoms with Crippen molar-refractivity contribution in [3.05, 3.63) is 103 Å². The lowest BCUT2D eigenvalue weighted by atomic mass is 9.83. The van der Waals surface area contributed by atoms with Crippen LogP contribution in [0.2, 0.25) is 0 Å². The number of hydrogen-bond donors (Lipinski definition) is 1. The highest BCUT2D eigenvalue weighted by Gasteiger charge is 2.56. The number of benzene rings is 3. The molecule has 2 aliphatic heterocycles. The van der Waals surface area contributed by atoms with Crippen LogP contribution in [0.15, 0.2) is 87.1 Å². The second-order valence-corrected chi connectivity index (χ2v) is 12.9. The summed E-state index contributed by atoms with van der Waals surface area (Å²) in [6.45, 7) is 1.75. The van der Waals surface area contributed by atoms with Crippen LogP contribution in [-0.4, -0.2) is 34.6 Å². The third-order valence-corrected chi connectivity index (χ3v) is 10.3. The molecule has 2 unspecified atom stereocenters. The van der Waals surface area contributed by atoms with Gasteiger partial charge in [0.1, 0.15) is 17.5 Å². The van der Waals surface area contributed by atoms with Crippen LogP contribution in [0.4, 0.5) is 11.4 Å². The zero-order chi connectivity index (χ0) is 28.8. The summed E-state index contributed by atoms with van der Waals surface area (Å²) < 4.78 is 7.47. The maximum absolute atomic E-state index is 14.0. The van der Waals surface area contributed by atoms with Crippen molar-refractivity contribution in [1.29, 1.82) is 0 Å². The van der Waals surface area contributed by atoms with Crippen molar-refractivity contribution in [3.8, 4) is 5.75 Å². The van der Waals surface area contributed by atoms with Gasteiger partial charge in [0.05, 0.1) is 23.7 Å². The minimum atomic E-state index is -0.763. The van der Waals surface area contributed by atoms with Crippen LogP contribution in [0.25, 0.3) is 0 Å². The average molecular weight is 651 g/mol. The fraction of sp³-hybridized carbons (Fsp3) is 0.200. The van der Waals surface area contributed by atoms with Crippen LogP contribution in [0.5, 0.6) is 5.75 Å². The van der Waals surface area contributed by atoms with Gasteiger partial charge in [-0.2, -0.15) is 0 Å². The summed E-state index contributed by atoms with van der Waals surface area (Å²) in [6, 6.07) is 21.7. The lowest BCUT2D eigenvalue weighted by Gasteiger charge is -2.30. The van der Waals surface area contributed by atoms with Gasteiger partial charge >= 0.3 is 4.87 Å². The molecule has 6 rings (SSSR count). The van der Waals surface area contributed by atoms with Gasteiger partial charge in [0.2, 0.25) is 17.7 Å². The van der Waals surface area contributed by atoms with Crippen molar-refractivity contribution in [2.45, 2.75) is 29.7 Å². The maximum atomic E-state index is 14.0. The number of imide groups is 1. The lowest BCUT2D eigenvalue weighted by molar-refractivity contribution is -0.122. The molecule has 8 nitrogen and oxygen atoms in total. The number of fused-ring (bicyclic) bond motifs is 2. The minimum absolute atomic E-state index is 0.210. The quantitative estimate of drug-likeness (QED) is 0.280. The average Bonchev–Trinajstić information content (AvgIpc) is 3.40. The normalized spacial score (nSPS) is 19.6. The number of thiazole rings is 1. The third kappa shape index (κ3) is 5.02. The van der Waals surface area contributed by atoms with E-state index in [0.29, 0.717) is 27.0 Å². The molecule has 3 amide bonds. The highest BCUT2D eigenvalue weighted by atomic mass is 79.9. The van der Waals surface area contributed by atoms with Gasteiger partial charge in [-0.15, -0.1) is 0 Å². The van der Waals surface area contributed by atoms with E-state index in [2.05, 4.69) is 21.2 Å². The molecule has 0 spiro atoms. The third-order valence-electron chi connectivity index (χ3n) is 7.22. The van der Waals surface area contributed by atoms with Crippen molar-refractivity contribution in [2.24, 2.45) is 5.92 Å². The van der Waals surface area contributed by atoms with Crippen molar-refractivity contribution < 1.29 is 19.1 Å². The molecule has 3 heterocycles. The van der Waals surface area contributed by atoms with Crippen LogP contribution in [-0.2, 0) is 20.9 Å². The number of amides is 3. The standard InChI is InChI=1S/C30H24BrN3O5S2/c1-16-6-8-19(9-7-16)32-22(35)15-33-29-26(41-30(33)38)23(17-4-3-5-18(31)14-17)24-25(40-29)28(37)34(27(24)36)20-10-12-21(39-2)13-11-20/h3-14,23-25H,15H2,1-2H3,(H,32,35)/t23-,24?,25?/m1/s1. The number of nitrogens with zero attached hydrogens (tertiary/aromatic N) is 2. The zero-order valence-electron chi connectivity index (χ0n) is 22.0. The van der Waals surface area contributed by atoms with E-state index < -0.39 is 17.1 Å². The van der Waals surface area contributed by atoms with Gasteiger partial charge in [0.25, 0.3) is 0 Å². The number of anilines is 2. The second-order valence-electron chi connectivity index (χ2n) is 9.84. The molecule has 0 aliphatic carbocycles. The summed E-state index contributed by atoms with van der Waals surface area (Å²) in [5.74, 6) is -1.67. The molecular weight excluding hydrogens is 626 g/mol. The van der Waals surface area contributed by atoms with Gasteiger partial charge in [-0.3, -0.25) is 23.7 Å². The number of thioether (sulfide) groups is 1. The molecule has 2 aliphatic rings. The van der Waals surface area contributed by atoms with Crippen LogP contribution >= 0.6 is 39.0 Å². The molecule has 3 aromatic carbocycles. The Morgan fingerprint density at radius 3 is 2.41 bits per heavy atom. The summed E-state index contributed by atoms with van der Waals surface area (Å²) in [6.07, 6.45) is 0. The topological polar surface area (TPSA) is 97.7 Å². The molecule has 11 heteroatoms. The Balaban J connectivity index is 1.40. The first-order chi connectivity index (χ1) is 19.7. The molecule has 208 valence electrons. The monoisotopic (exact) mass is 649 g/mol. The van der Waals surface area contributed by atoms with E-state index in [1.807, 2.05) is 43.3 Å². The Morgan fingerprint density at radius 2 is 1.73 bits per heavy atom. The van der Waals surface area contributed by atoms with Crippen molar-refractivity contribution in [3.63, 3.8) is 0 Å². The SMILES string of the molecule is COc1ccc(N2C(=O)C3Sc4c(sc(=O)n4CC(=O)Nc4ccc(C)cc4)[C@H](c4cccc(Br)c4)C3C2=O)cc1. The number of carbonyl (C=O) groups excluding carboxylic acids is 3. The molecule has 1 fully saturated rings. The largest absolute Gasteiger partial charge is 0.497 e. The van der Waals surface area contributed by atoms with E-state index >= 15 is 0 Å². The molecule has 1 saturated heterocycles. The number of aromatic nitrogens is 1. The lowest BCUT2D eigenvalue weighted by Crippen LogP contribution is -2.33. The Morgan fingerprint density at radius 1 is 1.00 bits per heavy atom. The highest BCUT2D eigenvalue weighted by molar-refractivity contribution is 9.10. The summed E-state index contributed by atoms with van der Waals surface area (Å²) in [7, 11) is 1.55. The Labute approximate surface area is 252 Å². The fourth-order valence-corrected chi connectivity index (χ4v) is 8.47. The number of nitrogens with one attached hydrogen (secondary N) is 1. The molecule has 1 aromatic heterocycles. The summed E-state index contributed by atoms with van der Waals surface area (Å²) in [5.41, 5.74) is 2.97. The van der Waals surface area contributed by atoms with E-state index in [0.717, 1.165) is 26.9 Å². The van der Waals surface area contributed by atoms with E-state index in [1.54, 1.807) is 43.5 Å². The molecule has 0 saturated carbocycles. The van der Waals surface area contributed by atoms with E-state index in [9.17, 15) is 19.2 Å². The summed E-state index contributed by atoms with van der Waals surface area (Å²) >= 11 is 5.74. The van der Waals surface area contributed by atoms with Crippen molar-refractivity contribution in [1.82, 2.24) is 4.57 Å². The Kier molecular flexibility index (Phi) is 7.35. The molecular formula is C30H24BrN3O5S2. The van der Waals surface area contributed by atoms with E-state index in [1.165, 1.54) is 21.2 Å². The number of hydrogen-bond acceptors (Lipinski definition) is 7. The zero-order valence-corrected chi connectivity index (χ0v) is 25.2. The van der Waals surface area contributed by atoms with Crippen molar-refractivity contribution in [2.75, 3.05) is 17.3 Å². The molecule has 3 atom stereocenters. The van der Waals surface area contributed by atoms with Crippen LogP contribution in [0, 0.1) is 12.8 Å². The first-order valence-corrected chi connectivity index (χ1v) is 15.3. The summed E-state index contributed by atoms with van der Waals surface area (Å²) in [4.78, 5) is 55.7. The van der Waals surface area contributed by atoms with Gasteiger partial charge in [-0.1, -0.05) is 68.9 Å². The van der Waals surface area contributed by atoms with E-state index in [4.69, 9.17) is 4.74 Å². The first-order valence-electron chi connectivity index (χ1n) is 12.8. The number of carbonyl (C=O) groups is 3. The van der Waals surface area contributed by atoms with Gasteiger partial charge in [0.15, 0.2) is 0 Å². The number of aryl methyl sites for hydroxylation is 1. The molecule has 1 N–H and O–H groups in total. The predicted octanol–water partition coefficient (Wildman–Crippen LogP) is 5.42. The van der Waals surface area contributed by atoms with Gasteiger partial charge < -0.3 is 10.1 Å². The van der Waals surface area contributed by atoms with Crippen LogP contribution < -0.4 is 19.8 Å². The van der Waals surface area contributed by atoms with Gasteiger partial charge in [0, 0.05) is 21.0 Å². The predicted molar refractivity (Wildman–Crippen MR) is 163 cm³/mol. The van der Waals surface area contributed by atoms with Gasteiger partial charge in [-0.05, 0) is 61.0 Å². The smallest absolute Gasteiger partial charge is 0.308 e. The second kappa shape index (κ2) is 11.0. The molecule has 41 heavy (non-hydrogen) atoms. The minimum Gasteiger partial charge on any atom is -0.497 e. The highest BCUT2D eigenvalue weighted by Crippen LogP contribution is 2.54. The number of methoxy groups -OCH3 is 1. The molecule has 0 radical (unpaired) electrons. The first kappa shape index (κ1) is 27.5. The molecule has 0 bridgehead atoms. The van der Waals surface area contributed by atoms with Crippen LogP contribution in [0.3, 0.4) is 0 Å². The Hall–Kier alpha value is -3.67. The van der Waals surface area contributed by atoms with E-state index in [-0.39, 0.29) is 29.1 Å². The number of rotatable bonds is 6. The maximum Gasteiger partial charge on any atom is 0.308 e. The summed E-state index contributed by atoms with van der Waals surface area (Å²) in [5, 5.41) is 2.62. The van der Waals surface area contributed by atoms with Crippen molar-refractivity contribution >= 4 is 68.1 Å². The molecule has 4 aromatic rings. The number of ether oxygens (including phenoxy) is 1. The Bertz CT molecular complexity index is 1730. The fourth-order valence-electron chi connectivity index (χ4n) is 5.28. The number of halogens is 1. The van der Waals surface area contributed by atoms with Gasteiger partial charge in [-0.25, -0.2) is 4.90 Å².